The van der Waals surface area contributed by atoms with Crippen molar-refractivity contribution < 1.29 is 17.6 Å². The summed E-state index contributed by atoms with van der Waals surface area (Å²) in [4.78, 5) is 15.9. The van der Waals surface area contributed by atoms with E-state index in [1.165, 1.54) is 18.2 Å². The Hall–Kier alpha value is -2.45. The monoisotopic (exact) mass is 377 g/mol. The van der Waals surface area contributed by atoms with Crippen LogP contribution < -0.4 is 9.62 Å². The molecule has 2 aromatic carbocycles. The number of piperazine rings is 1. The minimum atomic E-state index is -3.71. The molecule has 1 aliphatic rings. The number of sulfonamides is 1. The summed E-state index contributed by atoms with van der Waals surface area (Å²) in [6.07, 6.45) is 0. The number of benzene rings is 2. The van der Waals surface area contributed by atoms with Gasteiger partial charge in [0.15, 0.2) is 0 Å². The van der Waals surface area contributed by atoms with Gasteiger partial charge in [0.05, 0.1) is 17.1 Å². The Morgan fingerprint density at radius 2 is 1.58 bits per heavy atom. The van der Waals surface area contributed by atoms with Crippen molar-refractivity contribution in [2.45, 2.75) is 4.90 Å². The van der Waals surface area contributed by atoms with Crippen molar-refractivity contribution in [1.82, 2.24) is 9.62 Å². The lowest BCUT2D eigenvalue weighted by Crippen LogP contribution is -2.51. The average molecular weight is 377 g/mol. The molecule has 0 saturated carbocycles. The molecule has 0 bridgehead atoms. The van der Waals surface area contributed by atoms with E-state index in [1.54, 1.807) is 41.3 Å². The molecule has 0 unspecified atom stereocenters. The van der Waals surface area contributed by atoms with Gasteiger partial charge in [0, 0.05) is 26.2 Å². The molecule has 1 N–H and O–H groups in total. The number of amides is 1. The van der Waals surface area contributed by atoms with Gasteiger partial charge in [0.2, 0.25) is 15.9 Å². The van der Waals surface area contributed by atoms with E-state index in [2.05, 4.69) is 4.72 Å². The Kier molecular flexibility index (Phi) is 5.53. The number of carbonyl (C=O) groups is 1. The molecule has 8 heteroatoms. The zero-order valence-corrected chi connectivity index (χ0v) is 15.0. The second-order valence-electron chi connectivity index (χ2n) is 5.96. The van der Waals surface area contributed by atoms with Crippen molar-refractivity contribution in [2.75, 3.05) is 37.6 Å². The second-order valence-corrected chi connectivity index (χ2v) is 7.72. The van der Waals surface area contributed by atoms with Crippen LogP contribution in [0.5, 0.6) is 0 Å². The van der Waals surface area contributed by atoms with Crippen LogP contribution in [0.25, 0.3) is 0 Å². The molecule has 1 amide bonds. The van der Waals surface area contributed by atoms with Crippen molar-refractivity contribution in [2.24, 2.45) is 0 Å². The van der Waals surface area contributed by atoms with Crippen LogP contribution in [0.1, 0.15) is 0 Å². The molecule has 0 atom stereocenters. The van der Waals surface area contributed by atoms with E-state index < -0.39 is 10.0 Å². The fourth-order valence-electron chi connectivity index (χ4n) is 2.86. The molecule has 0 aromatic heterocycles. The Morgan fingerprint density at radius 3 is 2.23 bits per heavy atom. The number of rotatable bonds is 5. The maximum Gasteiger partial charge on any atom is 0.241 e. The summed E-state index contributed by atoms with van der Waals surface area (Å²) in [5, 5.41) is 0. The van der Waals surface area contributed by atoms with E-state index in [-0.39, 0.29) is 23.2 Å². The van der Waals surface area contributed by atoms with E-state index in [0.29, 0.717) is 31.9 Å². The number of anilines is 1. The lowest BCUT2D eigenvalue weighted by atomic mass is 10.2. The fourth-order valence-corrected chi connectivity index (χ4v) is 3.85. The summed E-state index contributed by atoms with van der Waals surface area (Å²) in [6, 6.07) is 14.4. The van der Waals surface area contributed by atoms with Gasteiger partial charge in [0.25, 0.3) is 0 Å². The molecule has 1 aliphatic heterocycles. The van der Waals surface area contributed by atoms with Crippen LogP contribution in [0, 0.1) is 5.82 Å². The van der Waals surface area contributed by atoms with Gasteiger partial charge in [-0.1, -0.05) is 30.3 Å². The van der Waals surface area contributed by atoms with Crippen LogP contribution in [0.15, 0.2) is 59.5 Å². The molecule has 0 radical (unpaired) electrons. The predicted molar refractivity (Wildman–Crippen MR) is 96.8 cm³/mol. The van der Waals surface area contributed by atoms with E-state index in [1.807, 2.05) is 4.90 Å². The van der Waals surface area contributed by atoms with Gasteiger partial charge in [-0.2, -0.15) is 0 Å². The molecular formula is C18H20FN3O3S. The van der Waals surface area contributed by atoms with Gasteiger partial charge in [-0.3, -0.25) is 4.79 Å². The van der Waals surface area contributed by atoms with Crippen molar-refractivity contribution in [3.05, 3.63) is 60.4 Å². The topological polar surface area (TPSA) is 69.7 Å². The molecule has 2 aromatic rings. The normalized spacial score (nSPS) is 15.1. The summed E-state index contributed by atoms with van der Waals surface area (Å²) in [6.45, 7) is 1.54. The van der Waals surface area contributed by atoms with Gasteiger partial charge in [-0.05, 0) is 24.3 Å². The third-order valence-electron chi connectivity index (χ3n) is 4.29. The van der Waals surface area contributed by atoms with E-state index in [0.717, 1.165) is 0 Å². The Balaban J connectivity index is 1.54. The van der Waals surface area contributed by atoms with Gasteiger partial charge in [0.1, 0.15) is 5.82 Å². The highest BCUT2D eigenvalue weighted by Gasteiger charge is 2.24. The highest BCUT2D eigenvalue weighted by atomic mass is 32.2. The van der Waals surface area contributed by atoms with Crippen LogP contribution in [-0.4, -0.2) is 51.9 Å². The van der Waals surface area contributed by atoms with Gasteiger partial charge < -0.3 is 9.80 Å². The number of hydrogen-bond donors (Lipinski definition) is 1. The van der Waals surface area contributed by atoms with Gasteiger partial charge in [-0.25, -0.2) is 17.5 Å². The summed E-state index contributed by atoms with van der Waals surface area (Å²) < 4.78 is 40.5. The van der Waals surface area contributed by atoms with Crippen molar-refractivity contribution in [3.63, 3.8) is 0 Å². The summed E-state index contributed by atoms with van der Waals surface area (Å²) in [5.41, 5.74) is 0.518. The average Bonchev–Trinajstić information content (AvgIpc) is 2.67. The third kappa shape index (κ3) is 4.20. The van der Waals surface area contributed by atoms with Crippen LogP contribution in [-0.2, 0) is 14.8 Å². The lowest BCUT2D eigenvalue weighted by Gasteiger charge is -2.36. The van der Waals surface area contributed by atoms with Gasteiger partial charge in [-0.15, -0.1) is 0 Å². The second kappa shape index (κ2) is 7.84. The zero-order chi connectivity index (χ0) is 18.6. The van der Waals surface area contributed by atoms with E-state index in [9.17, 15) is 17.6 Å². The first-order valence-electron chi connectivity index (χ1n) is 8.29. The van der Waals surface area contributed by atoms with E-state index >= 15 is 0 Å². The summed E-state index contributed by atoms with van der Waals surface area (Å²) in [5.74, 6) is -0.583. The number of halogens is 1. The maximum absolute atomic E-state index is 13.8. The lowest BCUT2D eigenvalue weighted by molar-refractivity contribution is -0.130. The van der Waals surface area contributed by atoms with Gasteiger partial charge >= 0.3 is 0 Å². The number of nitrogens with one attached hydrogen (secondary N) is 1. The quantitative estimate of drug-likeness (QED) is 0.856. The SMILES string of the molecule is O=C(CNS(=O)(=O)c1ccccc1)N1CCN(c2ccccc2F)CC1. The zero-order valence-electron chi connectivity index (χ0n) is 14.1. The highest BCUT2D eigenvalue weighted by molar-refractivity contribution is 7.89. The first-order chi connectivity index (χ1) is 12.5. The minimum absolute atomic E-state index is 0.122. The Morgan fingerprint density at radius 1 is 0.962 bits per heavy atom. The number of carbonyl (C=O) groups excluding carboxylic acids is 1. The molecule has 1 fully saturated rings. The summed E-state index contributed by atoms with van der Waals surface area (Å²) >= 11 is 0. The van der Waals surface area contributed by atoms with Crippen LogP contribution >= 0.6 is 0 Å². The Labute approximate surface area is 152 Å². The fraction of sp³-hybridized carbons (Fsp3) is 0.278. The molecular weight excluding hydrogens is 357 g/mol. The molecule has 1 heterocycles. The first-order valence-corrected chi connectivity index (χ1v) is 9.78. The van der Waals surface area contributed by atoms with Crippen molar-refractivity contribution in [1.29, 1.82) is 0 Å². The van der Waals surface area contributed by atoms with Crippen LogP contribution in [0.4, 0.5) is 10.1 Å². The molecule has 1 saturated heterocycles. The maximum atomic E-state index is 13.8. The molecule has 3 rings (SSSR count). The molecule has 6 nitrogen and oxygen atoms in total. The predicted octanol–water partition coefficient (Wildman–Crippen LogP) is 1.45. The molecule has 0 aliphatic carbocycles. The summed E-state index contributed by atoms with van der Waals surface area (Å²) in [7, 11) is -3.71. The molecule has 0 spiro atoms. The molecule has 26 heavy (non-hydrogen) atoms. The molecule has 138 valence electrons. The number of para-hydroxylation sites is 1. The highest BCUT2D eigenvalue weighted by Crippen LogP contribution is 2.20. The van der Waals surface area contributed by atoms with Crippen molar-refractivity contribution in [3.8, 4) is 0 Å². The Bertz CT molecular complexity index is 866. The largest absolute Gasteiger partial charge is 0.366 e. The first kappa shape index (κ1) is 18.3. The van der Waals surface area contributed by atoms with Crippen LogP contribution in [0.2, 0.25) is 0 Å². The third-order valence-corrected chi connectivity index (χ3v) is 5.71. The van der Waals surface area contributed by atoms with E-state index in [4.69, 9.17) is 0 Å². The van der Waals surface area contributed by atoms with Crippen molar-refractivity contribution >= 4 is 21.6 Å². The number of nitrogens with zero attached hydrogens (tertiary/aromatic N) is 2. The standard InChI is InChI=1S/C18H20FN3O3S/c19-16-8-4-5-9-17(16)21-10-12-22(13-11-21)18(23)14-20-26(24,25)15-6-2-1-3-7-15/h1-9,20H,10-14H2. The smallest absolute Gasteiger partial charge is 0.241 e. The van der Waals surface area contributed by atoms with Crippen LogP contribution in [0.3, 0.4) is 0 Å². The number of hydrogen-bond acceptors (Lipinski definition) is 4. The minimum Gasteiger partial charge on any atom is -0.366 e.